The van der Waals surface area contributed by atoms with Crippen LogP contribution >= 0.6 is 0 Å². The zero-order valence-electron chi connectivity index (χ0n) is 12.6. The monoisotopic (exact) mass is 283 g/mol. The number of benzene rings is 2. The third kappa shape index (κ3) is 4.63. The molecule has 110 valence electrons. The van der Waals surface area contributed by atoms with E-state index in [1.165, 1.54) is 5.56 Å². The Labute approximate surface area is 126 Å². The molecule has 0 saturated heterocycles. The van der Waals surface area contributed by atoms with Gasteiger partial charge in [0, 0.05) is 5.69 Å². The molecule has 0 aromatic heterocycles. The molecule has 1 N–H and O–H groups in total. The molecule has 0 aliphatic carbocycles. The molecule has 0 aliphatic rings. The van der Waals surface area contributed by atoms with Crippen LogP contribution in [0.1, 0.15) is 24.5 Å². The summed E-state index contributed by atoms with van der Waals surface area (Å²) in [6, 6.07) is 15.7. The van der Waals surface area contributed by atoms with Gasteiger partial charge in [0.1, 0.15) is 5.75 Å². The molecule has 2 rings (SSSR count). The fraction of sp³-hybridized carbons (Fsp3) is 0.278. The van der Waals surface area contributed by atoms with Gasteiger partial charge in [0.25, 0.3) is 0 Å². The summed E-state index contributed by atoms with van der Waals surface area (Å²) in [6.07, 6.45) is 1.35. The predicted molar refractivity (Wildman–Crippen MR) is 85.7 cm³/mol. The van der Waals surface area contributed by atoms with Crippen LogP contribution in [0.3, 0.4) is 0 Å². The Morgan fingerprint density at radius 2 is 1.81 bits per heavy atom. The number of aryl methyl sites for hydroxylation is 2. The minimum atomic E-state index is -0.0329. The van der Waals surface area contributed by atoms with Crippen LogP contribution in [0, 0.1) is 6.92 Å². The fourth-order valence-corrected chi connectivity index (χ4v) is 2.01. The average Bonchev–Trinajstić information content (AvgIpc) is 2.50. The van der Waals surface area contributed by atoms with E-state index in [9.17, 15) is 4.79 Å². The van der Waals surface area contributed by atoms with Crippen LogP contribution in [-0.4, -0.2) is 12.5 Å². The maximum Gasteiger partial charge on any atom is 0.227 e. The van der Waals surface area contributed by atoms with Crippen LogP contribution < -0.4 is 10.1 Å². The number of hydrogen-bond acceptors (Lipinski definition) is 2. The molecule has 0 saturated carbocycles. The van der Waals surface area contributed by atoms with Crippen LogP contribution in [0.15, 0.2) is 48.5 Å². The van der Waals surface area contributed by atoms with Gasteiger partial charge in [-0.25, -0.2) is 0 Å². The Balaban J connectivity index is 1.77. The second kappa shape index (κ2) is 7.48. The first-order valence-corrected chi connectivity index (χ1v) is 7.26. The van der Waals surface area contributed by atoms with Crippen LogP contribution in [-0.2, 0) is 11.2 Å². The highest BCUT2D eigenvalue weighted by Crippen LogP contribution is 2.14. The molecule has 0 aliphatic heterocycles. The molecule has 3 nitrogen and oxygen atoms in total. The van der Waals surface area contributed by atoms with Crippen molar-refractivity contribution in [3.8, 4) is 5.75 Å². The number of para-hydroxylation sites is 1. The number of carbonyl (C=O) groups excluding carboxylic acids is 1. The molecular weight excluding hydrogens is 262 g/mol. The zero-order valence-corrected chi connectivity index (χ0v) is 12.6. The van der Waals surface area contributed by atoms with E-state index in [-0.39, 0.29) is 5.91 Å². The van der Waals surface area contributed by atoms with Crippen molar-refractivity contribution < 1.29 is 9.53 Å². The van der Waals surface area contributed by atoms with E-state index >= 15 is 0 Å². The van der Waals surface area contributed by atoms with Gasteiger partial charge < -0.3 is 10.1 Å². The van der Waals surface area contributed by atoms with Gasteiger partial charge >= 0.3 is 0 Å². The summed E-state index contributed by atoms with van der Waals surface area (Å²) in [5.41, 5.74) is 3.19. The number of ether oxygens (including phenoxy) is 1. The minimum Gasteiger partial charge on any atom is -0.493 e. The molecule has 0 spiro atoms. The van der Waals surface area contributed by atoms with Crippen molar-refractivity contribution in [3.63, 3.8) is 0 Å². The molecule has 0 fully saturated rings. The van der Waals surface area contributed by atoms with E-state index in [1.54, 1.807) is 0 Å². The summed E-state index contributed by atoms with van der Waals surface area (Å²) in [5, 5.41) is 2.90. The van der Waals surface area contributed by atoms with Gasteiger partial charge in [0.15, 0.2) is 0 Å². The van der Waals surface area contributed by atoms with Gasteiger partial charge in [-0.15, -0.1) is 0 Å². The summed E-state index contributed by atoms with van der Waals surface area (Å²) in [7, 11) is 0. The van der Waals surface area contributed by atoms with Gasteiger partial charge in [-0.05, 0) is 42.7 Å². The number of hydrogen-bond donors (Lipinski definition) is 1. The molecule has 0 unspecified atom stereocenters. The van der Waals surface area contributed by atoms with E-state index in [2.05, 4.69) is 12.2 Å². The normalized spacial score (nSPS) is 10.2. The van der Waals surface area contributed by atoms with Crippen LogP contribution in [0.5, 0.6) is 5.75 Å². The lowest BCUT2D eigenvalue weighted by Gasteiger charge is -2.09. The molecule has 0 atom stereocenters. The lowest BCUT2D eigenvalue weighted by atomic mass is 10.2. The minimum absolute atomic E-state index is 0.0329. The number of carbonyl (C=O) groups is 1. The Morgan fingerprint density at radius 1 is 1.10 bits per heavy atom. The maximum atomic E-state index is 11.9. The lowest BCUT2D eigenvalue weighted by molar-refractivity contribution is -0.116. The molecule has 0 heterocycles. The molecule has 2 aromatic rings. The third-order valence-electron chi connectivity index (χ3n) is 3.35. The highest BCUT2D eigenvalue weighted by Gasteiger charge is 2.04. The van der Waals surface area contributed by atoms with Crippen molar-refractivity contribution in [2.45, 2.75) is 26.7 Å². The van der Waals surface area contributed by atoms with Crippen LogP contribution in [0.4, 0.5) is 5.69 Å². The molecular formula is C18H21NO2. The topological polar surface area (TPSA) is 38.3 Å². The van der Waals surface area contributed by atoms with E-state index < -0.39 is 0 Å². The van der Waals surface area contributed by atoms with Gasteiger partial charge in [-0.1, -0.05) is 37.3 Å². The fourth-order valence-electron chi connectivity index (χ4n) is 2.01. The van der Waals surface area contributed by atoms with E-state index in [4.69, 9.17) is 4.74 Å². The van der Waals surface area contributed by atoms with Gasteiger partial charge in [-0.2, -0.15) is 0 Å². The molecule has 0 bridgehead atoms. The smallest absolute Gasteiger partial charge is 0.227 e. The number of amides is 1. The molecule has 2 aromatic carbocycles. The summed E-state index contributed by atoms with van der Waals surface area (Å²) in [5.74, 6) is 0.769. The molecule has 0 radical (unpaired) electrons. The largest absolute Gasteiger partial charge is 0.493 e. The summed E-state index contributed by atoms with van der Waals surface area (Å²) >= 11 is 0. The quantitative estimate of drug-likeness (QED) is 0.871. The van der Waals surface area contributed by atoms with Crippen molar-refractivity contribution in [2.75, 3.05) is 11.9 Å². The number of rotatable bonds is 6. The standard InChI is InChI=1S/C18H21NO2/c1-3-15-8-10-16(11-9-15)21-13-12-18(20)19-17-7-5-4-6-14(17)2/h4-11H,3,12-13H2,1-2H3,(H,19,20). The van der Waals surface area contributed by atoms with Gasteiger partial charge in [-0.3, -0.25) is 4.79 Å². The van der Waals surface area contributed by atoms with E-state index in [0.717, 1.165) is 23.4 Å². The first-order chi connectivity index (χ1) is 10.2. The Kier molecular flexibility index (Phi) is 5.38. The highest BCUT2D eigenvalue weighted by atomic mass is 16.5. The van der Waals surface area contributed by atoms with Crippen molar-refractivity contribution in [2.24, 2.45) is 0 Å². The second-order valence-electron chi connectivity index (χ2n) is 4.96. The van der Waals surface area contributed by atoms with Crippen molar-refractivity contribution >= 4 is 11.6 Å². The molecule has 1 amide bonds. The number of nitrogens with one attached hydrogen (secondary N) is 1. The number of anilines is 1. The summed E-state index contributed by atoms with van der Waals surface area (Å²) < 4.78 is 5.58. The second-order valence-corrected chi connectivity index (χ2v) is 4.96. The summed E-state index contributed by atoms with van der Waals surface area (Å²) in [6.45, 7) is 4.47. The van der Waals surface area contributed by atoms with Crippen molar-refractivity contribution in [1.29, 1.82) is 0 Å². The Morgan fingerprint density at radius 3 is 2.48 bits per heavy atom. The van der Waals surface area contributed by atoms with Crippen molar-refractivity contribution in [1.82, 2.24) is 0 Å². The average molecular weight is 283 g/mol. The Bertz CT molecular complexity index is 590. The molecule has 3 heteroatoms. The highest BCUT2D eigenvalue weighted by molar-refractivity contribution is 5.91. The van der Waals surface area contributed by atoms with E-state index in [0.29, 0.717) is 13.0 Å². The maximum absolute atomic E-state index is 11.9. The molecule has 21 heavy (non-hydrogen) atoms. The van der Waals surface area contributed by atoms with Crippen LogP contribution in [0.2, 0.25) is 0 Å². The lowest BCUT2D eigenvalue weighted by Crippen LogP contribution is -2.15. The van der Waals surface area contributed by atoms with Gasteiger partial charge in [0.2, 0.25) is 5.91 Å². The first-order valence-electron chi connectivity index (χ1n) is 7.26. The van der Waals surface area contributed by atoms with Gasteiger partial charge in [0.05, 0.1) is 13.0 Å². The first kappa shape index (κ1) is 15.1. The third-order valence-corrected chi connectivity index (χ3v) is 3.35. The van der Waals surface area contributed by atoms with Crippen molar-refractivity contribution in [3.05, 3.63) is 59.7 Å². The SMILES string of the molecule is CCc1ccc(OCCC(=O)Nc2ccccc2C)cc1. The predicted octanol–water partition coefficient (Wildman–Crippen LogP) is 3.97. The summed E-state index contributed by atoms with van der Waals surface area (Å²) in [4.78, 5) is 11.9. The zero-order chi connectivity index (χ0) is 15.1. The van der Waals surface area contributed by atoms with Crippen LogP contribution in [0.25, 0.3) is 0 Å². The van der Waals surface area contributed by atoms with E-state index in [1.807, 2.05) is 55.5 Å². The Hall–Kier alpha value is -2.29.